The predicted octanol–water partition coefficient (Wildman–Crippen LogP) is 1.91. The summed E-state index contributed by atoms with van der Waals surface area (Å²) in [6.07, 6.45) is 5.37. The van der Waals surface area contributed by atoms with Crippen molar-refractivity contribution >= 4 is 23.2 Å². The number of amides is 1. The number of hydrogen-bond acceptors (Lipinski definition) is 2. The van der Waals surface area contributed by atoms with Crippen molar-refractivity contribution in [3.8, 4) is 0 Å². The van der Waals surface area contributed by atoms with E-state index in [1.54, 1.807) is 12.3 Å². The van der Waals surface area contributed by atoms with Crippen LogP contribution in [0.4, 0.5) is 5.69 Å². The van der Waals surface area contributed by atoms with Crippen LogP contribution in [0.5, 0.6) is 0 Å². The fourth-order valence-electron chi connectivity index (χ4n) is 1.93. The molecule has 1 N–H and O–H groups in total. The summed E-state index contributed by atoms with van der Waals surface area (Å²) in [5.41, 5.74) is 2.45. The van der Waals surface area contributed by atoms with Gasteiger partial charge >= 0.3 is 0 Å². The van der Waals surface area contributed by atoms with Crippen LogP contribution in [-0.4, -0.2) is 15.5 Å². The molecule has 1 aromatic heterocycles. The minimum Gasteiger partial charge on any atom is -0.335 e. The molecule has 1 amide bonds. The topological polar surface area (TPSA) is 46.9 Å². The fraction of sp³-hybridized carbons (Fsp3) is 0.0769. The molecule has 4 heteroatoms. The number of rotatable bonds is 1. The molecule has 1 aromatic carbocycles. The second-order valence-electron chi connectivity index (χ2n) is 3.95. The first-order valence-corrected chi connectivity index (χ1v) is 5.35. The zero-order chi connectivity index (χ0) is 11.8. The lowest BCUT2D eigenvalue weighted by Crippen LogP contribution is -2.04. The molecule has 1 aliphatic rings. The Labute approximate surface area is 98.6 Å². The smallest absolute Gasteiger partial charge is 0.256 e. The lowest BCUT2D eigenvalue weighted by Gasteiger charge is -1.98. The summed E-state index contributed by atoms with van der Waals surface area (Å²) < 4.78 is 1.88. The van der Waals surface area contributed by atoms with E-state index < -0.39 is 0 Å². The summed E-state index contributed by atoms with van der Waals surface area (Å²) >= 11 is 0. The van der Waals surface area contributed by atoms with Crippen molar-refractivity contribution in [3.63, 3.8) is 0 Å². The van der Waals surface area contributed by atoms with E-state index in [0.29, 0.717) is 5.57 Å². The molecule has 84 valence electrons. The van der Waals surface area contributed by atoms with Gasteiger partial charge in [-0.1, -0.05) is 18.2 Å². The van der Waals surface area contributed by atoms with Crippen LogP contribution in [-0.2, 0) is 11.8 Å². The van der Waals surface area contributed by atoms with Crippen LogP contribution >= 0.6 is 0 Å². The second-order valence-corrected chi connectivity index (χ2v) is 3.95. The summed E-state index contributed by atoms with van der Waals surface area (Å²) in [7, 11) is 1.90. The summed E-state index contributed by atoms with van der Waals surface area (Å²) in [5, 5.41) is 2.84. The van der Waals surface area contributed by atoms with E-state index in [9.17, 15) is 4.79 Å². The van der Waals surface area contributed by atoms with Gasteiger partial charge in [0.05, 0.1) is 5.57 Å². The molecular formula is C13H11N3O. The molecule has 2 aromatic rings. The maximum atomic E-state index is 11.9. The van der Waals surface area contributed by atoms with Crippen LogP contribution in [0.2, 0.25) is 0 Å². The molecule has 0 fully saturated rings. The van der Waals surface area contributed by atoms with Gasteiger partial charge in [0.15, 0.2) is 0 Å². The van der Waals surface area contributed by atoms with Gasteiger partial charge in [0.2, 0.25) is 0 Å². The third kappa shape index (κ3) is 1.54. The van der Waals surface area contributed by atoms with Crippen LogP contribution in [0.3, 0.4) is 0 Å². The van der Waals surface area contributed by atoms with E-state index in [-0.39, 0.29) is 5.91 Å². The lowest BCUT2D eigenvalue weighted by atomic mass is 10.1. The average Bonchev–Trinajstić information content (AvgIpc) is 2.85. The average molecular weight is 225 g/mol. The quantitative estimate of drug-likeness (QED) is 0.753. The minimum absolute atomic E-state index is 0.0748. The highest BCUT2D eigenvalue weighted by molar-refractivity contribution is 6.34. The highest BCUT2D eigenvalue weighted by Gasteiger charge is 2.23. The Kier molecular flexibility index (Phi) is 2.08. The molecule has 2 heterocycles. The van der Waals surface area contributed by atoms with Gasteiger partial charge in [-0.2, -0.15) is 0 Å². The SMILES string of the molecule is Cn1ccnc1C=C1C(=O)Nc2ccccc21. The van der Waals surface area contributed by atoms with Gasteiger partial charge in [-0.15, -0.1) is 0 Å². The van der Waals surface area contributed by atoms with Crippen LogP contribution in [0, 0.1) is 0 Å². The monoisotopic (exact) mass is 225 g/mol. The minimum atomic E-state index is -0.0748. The summed E-state index contributed by atoms with van der Waals surface area (Å²) in [5.74, 6) is 0.695. The Balaban J connectivity index is 2.13. The number of aryl methyl sites for hydroxylation is 1. The van der Waals surface area contributed by atoms with Gasteiger partial charge in [0.25, 0.3) is 5.91 Å². The van der Waals surface area contributed by atoms with Crippen molar-refractivity contribution in [2.24, 2.45) is 7.05 Å². The Hall–Kier alpha value is -2.36. The zero-order valence-electron chi connectivity index (χ0n) is 9.34. The van der Waals surface area contributed by atoms with Gasteiger partial charge in [-0.3, -0.25) is 4.79 Å². The highest BCUT2D eigenvalue weighted by Crippen LogP contribution is 2.32. The van der Waals surface area contributed by atoms with E-state index >= 15 is 0 Å². The van der Waals surface area contributed by atoms with E-state index in [0.717, 1.165) is 17.1 Å². The highest BCUT2D eigenvalue weighted by atomic mass is 16.2. The number of nitrogens with one attached hydrogen (secondary N) is 1. The van der Waals surface area contributed by atoms with Crippen molar-refractivity contribution in [2.75, 3.05) is 5.32 Å². The normalized spacial score (nSPS) is 16.1. The van der Waals surface area contributed by atoms with Gasteiger partial charge in [0, 0.05) is 30.7 Å². The van der Waals surface area contributed by atoms with Crippen LogP contribution in [0.15, 0.2) is 36.7 Å². The second kappa shape index (κ2) is 3.59. The molecule has 0 radical (unpaired) electrons. The molecule has 0 saturated heterocycles. The van der Waals surface area contributed by atoms with Crippen molar-refractivity contribution < 1.29 is 4.79 Å². The first-order valence-electron chi connectivity index (χ1n) is 5.35. The van der Waals surface area contributed by atoms with Crippen molar-refractivity contribution in [2.45, 2.75) is 0 Å². The molecule has 4 nitrogen and oxygen atoms in total. The Morgan fingerprint density at radius 2 is 2.18 bits per heavy atom. The summed E-state index contributed by atoms with van der Waals surface area (Å²) in [6, 6.07) is 7.66. The van der Waals surface area contributed by atoms with Gasteiger partial charge in [0.1, 0.15) is 5.82 Å². The van der Waals surface area contributed by atoms with Crippen LogP contribution < -0.4 is 5.32 Å². The van der Waals surface area contributed by atoms with Crippen LogP contribution in [0.25, 0.3) is 11.6 Å². The third-order valence-electron chi connectivity index (χ3n) is 2.84. The summed E-state index contributed by atoms with van der Waals surface area (Å²) in [4.78, 5) is 16.0. The van der Waals surface area contributed by atoms with E-state index in [1.165, 1.54) is 0 Å². The molecule has 17 heavy (non-hydrogen) atoms. The largest absolute Gasteiger partial charge is 0.335 e. The number of nitrogens with zero attached hydrogens (tertiary/aromatic N) is 2. The number of anilines is 1. The predicted molar refractivity (Wildman–Crippen MR) is 66.2 cm³/mol. The third-order valence-corrected chi connectivity index (χ3v) is 2.84. The van der Waals surface area contributed by atoms with Crippen molar-refractivity contribution in [1.82, 2.24) is 9.55 Å². The molecule has 3 rings (SSSR count). The van der Waals surface area contributed by atoms with Gasteiger partial charge < -0.3 is 9.88 Å². The van der Waals surface area contributed by atoms with Gasteiger partial charge in [-0.25, -0.2) is 4.98 Å². The number of para-hydroxylation sites is 1. The first-order chi connectivity index (χ1) is 8.25. The Morgan fingerprint density at radius 3 is 2.94 bits per heavy atom. The Morgan fingerprint density at radius 1 is 1.35 bits per heavy atom. The number of hydrogen-bond donors (Lipinski definition) is 1. The number of benzene rings is 1. The molecule has 0 bridgehead atoms. The van der Waals surface area contributed by atoms with Crippen molar-refractivity contribution in [1.29, 1.82) is 0 Å². The summed E-state index contributed by atoms with van der Waals surface area (Å²) in [6.45, 7) is 0. The van der Waals surface area contributed by atoms with E-state index in [1.807, 2.05) is 42.1 Å². The van der Waals surface area contributed by atoms with Crippen molar-refractivity contribution in [3.05, 3.63) is 48.0 Å². The first kappa shape index (κ1) is 9.84. The van der Waals surface area contributed by atoms with Gasteiger partial charge in [-0.05, 0) is 12.1 Å². The fourth-order valence-corrected chi connectivity index (χ4v) is 1.93. The number of fused-ring (bicyclic) bond motifs is 1. The number of carbonyl (C=O) groups is 1. The maximum absolute atomic E-state index is 11.9. The standard InChI is InChI=1S/C13H11N3O/c1-16-7-6-14-12(16)8-10-9-4-2-3-5-11(9)15-13(10)17/h2-8H,1H3,(H,15,17). The molecule has 0 saturated carbocycles. The number of carbonyl (C=O) groups excluding carboxylic acids is 1. The molecular weight excluding hydrogens is 214 g/mol. The zero-order valence-corrected chi connectivity index (χ0v) is 9.34. The van der Waals surface area contributed by atoms with E-state index in [4.69, 9.17) is 0 Å². The number of aromatic nitrogens is 2. The molecule has 0 aliphatic carbocycles. The molecule has 0 atom stereocenters. The Bertz CT molecular complexity index is 625. The molecule has 1 aliphatic heterocycles. The maximum Gasteiger partial charge on any atom is 0.256 e. The molecule has 0 spiro atoms. The van der Waals surface area contributed by atoms with Crippen LogP contribution in [0.1, 0.15) is 11.4 Å². The lowest BCUT2D eigenvalue weighted by molar-refractivity contribution is -0.110. The number of imidazole rings is 1. The molecule has 0 unspecified atom stereocenters. The van der Waals surface area contributed by atoms with E-state index in [2.05, 4.69) is 10.3 Å².